The zero-order valence-corrected chi connectivity index (χ0v) is 7.64. The summed E-state index contributed by atoms with van der Waals surface area (Å²) < 4.78 is 21.6. The summed E-state index contributed by atoms with van der Waals surface area (Å²) in [4.78, 5) is 0.117. The molecule has 0 unspecified atom stereocenters. The fraction of sp³-hybridized carbons (Fsp3) is 0. The Kier molecular flexibility index (Phi) is 2.31. The quantitative estimate of drug-likeness (QED) is 0.578. The number of hydrogen-bond acceptors (Lipinski definition) is 4. The fourth-order valence-electron chi connectivity index (χ4n) is 0.731. The van der Waals surface area contributed by atoms with Gasteiger partial charge in [-0.25, -0.2) is 13.6 Å². The van der Waals surface area contributed by atoms with Crippen LogP contribution in [0.2, 0.25) is 0 Å². The number of aromatic hydroxyl groups is 1. The molecule has 0 aliphatic carbocycles. The van der Waals surface area contributed by atoms with E-state index in [1.165, 1.54) is 18.2 Å². The maximum Gasteiger partial charge on any atom is 0.241 e. The zero-order valence-electron chi connectivity index (χ0n) is 5.93. The highest BCUT2D eigenvalue weighted by Crippen LogP contribution is 2.23. The lowest BCUT2D eigenvalue weighted by molar-refractivity contribution is 0.458. The third-order valence-corrected chi connectivity index (χ3v) is 2.47. The van der Waals surface area contributed by atoms with E-state index in [0.717, 1.165) is 0 Å². The lowest BCUT2D eigenvalue weighted by Crippen LogP contribution is -2.12. The van der Waals surface area contributed by atoms with Crippen LogP contribution in [0.3, 0.4) is 0 Å². The normalized spacial score (nSPS) is 11.5. The summed E-state index contributed by atoms with van der Waals surface area (Å²) in [6.45, 7) is 0. The summed E-state index contributed by atoms with van der Waals surface area (Å²) in [6, 6.07) is 3.88. The molecular formula is C6H7NO3S2. The molecule has 66 valence electrons. The summed E-state index contributed by atoms with van der Waals surface area (Å²) in [6.07, 6.45) is 0. The van der Waals surface area contributed by atoms with E-state index in [2.05, 4.69) is 12.6 Å². The lowest BCUT2D eigenvalue weighted by Gasteiger charge is -2.01. The molecule has 0 amide bonds. The molecule has 1 rings (SSSR count). The van der Waals surface area contributed by atoms with Gasteiger partial charge in [0.25, 0.3) is 0 Å². The Balaban J connectivity index is 3.43. The van der Waals surface area contributed by atoms with Gasteiger partial charge in [0.2, 0.25) is 10.0 Å². The lowest BCUT2D eigenvalue weighted by atomic mass is 10.3. The van der Waals surface area contributed by atoms with Gasteiger partial charge in [-0.3, -0.25) is 0 Å². The summed E-state index contributed by atoms with van der Waals surface area (Å²) in [5, 5.41) is 13.9. The summed E-state index contributed by atoms with van der Waals surface area (Å²) in [5.74, 6) is -0.365. The van der Waals surface area contributed by atoms with Crippen LogP contribution in [0.25, 0.3) is 0 Å². The topological polar surface area (TPSA) is 80.4 Å². The largest absolute Gasteiger partial charge is 0.507 e. The number of rotatable bonds is 1. The molecule has 1 aromatic carbocycles. The average molecular weight is 205 g/mol. The third kappa shape index (κ3) is 1.90. The fourth-order valence-corrected chi connectivity index (χ4v) is 1.67. The van der Waals surface area contributed by atoms with Crippen LogP contribution < -0.4 is 5.14 Å². The number of thiol groups is 1. The maximum atomic E-state index is 10.8. The van der Waals surface area contributed by atoms with Gasteiger partial charge in [-0.2, -0.15) is 0 Å². The van der Waals surface area contributed by atoms with Gasteiger partial charge in [0.1, 0.15) is 10.6 Å². The first-order valence-corrected chi connectivity index (χ1v) is 4.95. The molecule has 0 saturated heterocycles. The van der Waals surface area contributed by atoms with Crippen molar-refractivity contribution in [2.24, 2.45) is 5.14 Å². The standard InChI is InChI=1S/C6H7NO3S2/c7-12(9,10)6-3-4(11)1-2-5(6)8/h1-3,8,11H,(H2,7,9,10). The summed E-state index contributed by atoms with van der Waals surface area (Å²) in [7, 11) is -3.85. The highest BCUT2D eigenvalue weighted by molar-refractivity contribution is 7.89. The average Bonchev–Trinajstić information content (AvgIpc) is 1.92. The minimum atomic E-state index is -3.85. The van der Waals surface area contributed by atoms with Crippen LogP contribution in [0.15, 0.2) is 28.0 Å². The van der Waals surface area contributed by atoms with Crippen LogP contribution in [0.1, 0.15) is 0 Å². The van der Waals surface area contributed by atoms with Gasteiger partial charge >= 0.3 is 0 Å². The van der Waals surface area contributed by atoms with Gasteiger partial charge in [-0.1, -0.05) is 0 Å². The predicted octanol–water partition coefficient (Wildman–Crippen LogP) is 0.328. The number of phenolic OH excluding ortho intramolecular Hbond substituents is 1. The molecule has 0 bridgehead atoms. The van der Waals surface area contributed by atoms with Gasteiger partial charge in [-0.15, -0.1) is 12.6 Å². The third-order valence-electron chi connectivity index (χ3n) is 1.25. The molecule has 1 aromatic rings. The second-order valence-corrected chi connectivity index (χ2v) is 4.24. The van der Waals surface area contributed by atoms with Crippen molar-refractivity contribution in [3.63, 3.8) is 0 Å². The minimum absolute atomic E-state index is 0.310. The second kappa shape index (κ2) is 2.96. The van der Waals surface area contributed by atoms with E-state index in [9.17, 15) is 8.42 Å². The smallest absolute Gasteiger partial charge is 0.241 e. The van der Waals surface area contributed by atoms with E-state index in [1.807, 2.05) is 0 Å². The first-order chi connectivity index (χ1) is 5.41. The van der Waals surface area contributed by atoms with Crippen molar-refractivity contribution in [2.45, 2.75) is 9.79 Å². The van der Waals surface area contributed by atoms with Crippen molar-refractivity contribution in [1.82, 2.24) is 0 Å². The monoisotopic (exact) mass is 205 g/mol. The molecule has 0 aliphatic rings. The Morgan fingerprint density at radius 3 is 2.42 bits per heavy atom. The number of hydrogen-bond donors (Lipinski definition) is 3. The molecule has 4 nitrogen and oxygen atoms in total. The first-order valence-electron chi connectivity index (χ1n) is 2.96. The van der Waals surface area contributed by atoms with Crippen molar-refractivity contribution in [1.29, 1.82) is 0 Å². The van der Waals surface area contributed by atoms with Crippen molar-refractivity contribution < 1.29 is 13.5 Å². The van der Waals surface area contributed by atoms with Crippen LogP contribution in [0.4, 0.5) is 0 Å². The van der Waals surface area contributed by atoms with E-state index in [4.69, 9.17) is 10.2 Å². The SMILES string of the molecule is NS(=O)(=O)c1cc(S)ccc1O. The van der Waals surface area contributed by atoms with Crippen molar-refractivity contribution in [3.05, 3.63) is 18.2 Å². The number of benzene rings is 1. The highest BCUT2D eigenvalue weighted by atomic mass is 32.2. The highest BCUT2D eigenvalue weighted by Gasteiger charge is 2.12. The van der Waals surface area contributed by atoms with Crippen LogP contribution in [0.5, 0.6) is 5.75 Å². The zero-order chi connectivity index (χ0) is 9.35. The number of primary sulfonamides is 1. The van der Waals surface area contributed by atoms with E-state index in [-0.39, 0.29) is 10.6 Å². The summed E-state index contributed by atoms with van der Waals surface area (Å²) >= 11 is 3.90. The van der Waals surface area contributed by atoms with Gasteiger partial charge in [-0.05, 0) is 18.2 Å². The molecule has 3 N–H and O–H groups in total. The summed E-state index contributed by atoms with van der Waals surface area (Å²) in [5.41, 5.74) is 0. The Morgan fingerprint density at radius 1 is 1.42 bits per heavy atom. The van der Waals surface area contributed by atoms with Crippen LogP contribution >= 0.6 is 12.6 Å². The molecule has 0 saturated carbocycles. The number of nitrogens with two attached hydrogens (primary N) is 1. The maximum absolute atomic E-state index is 10.8. The van der Waals surface area contributed by atoms with E-state index in [0.29, 0.717) is 4.90 Å². The molecule has 6 heteroatoms. The van der Waals surface area contributed by atoms with Crippen LogP contribution in [-0.2, 0) is 10.0 Å². The minimum Gasteiger partial charge on any atom is -0.507 e. The van der Waals surface area contributed by atoms with E-state index >= 15 is 0 Å². The Bertz CT molecular complexity index is 399. The van der Waals surface area contributed by atoms with Crippen molar-refractivity contribution in [2.75, 3.05) is 0 Å². The van der Waals surface area contributed by atoms with Gasteiger partial charge in [0.05, 0.1) is 0 Å². The second-order valence-electron chi connectivity index (χ2n) is 2.20. The Hall–Kier alpha value is -0.720. The van der Waals surface area contributed by atoms with Crippen LogP contribution in [-0.4, -0.2) is 13.5 Å². The van der Waals surface area contributed by atoms with Gasteiger partial charge in [0, 0.05) is 4.90 Å². The molecule has 0 aromatic heterocycles. The number of phenols is 1. The van der Waals surface area contributed by atoms with Gasteiger partial charge in [0.15, 0.2) is 0 Å². The molecule has 0 radical (unpaired) electrons. The van der Waals surface area contributed by atoms with Crippen molar-refractivity contribution >= 4 is 22.7 Å². The van der Waals surface area contributed by atoms with Crippen LogP contribution in [0, 0.1) is 0 Å². The first kappa shape index (κ1) is 9.37. The molecule has 0 heterocycles. The molecule has 0 aliphatic heterocycles. The Labute approximate surface area is 75.5 Å². The molecule has 0 spiro atoms. The predicted molar refractivity (Wildman–Crippen MR) is 46.7 cm³/mol. The Morgan fingerprint density at radius 2 is 2.00 bits per heavy atom. The van der Waals surface area contributed by atoms with Gasteiger partial charge < -0.3 is 5.11 Å². The van der Waals surface area contributed by atoms with E-state index in [1.54, 1.807) is 0 Å². The molecule has 12 heavy (non-hydrogen) atoms. The molecule has 0 fully saturated rings. The molecular weight excluding hydrogens is 198 g/mol. The number of sulfonamides is 1. The van der Waals surface area contributed by atoms with Crippen molar-refractivity contribution in [3.8, 4) is 5.75 Å². The molecule has 0 atom stereocenters. The van der Waals surface area contributed by atoms with E-state index < -0.39 is 10.0 Å².